The smallest absolute Gasteiger partial charge is 0.330 e. The largest absolute Gasteiger partial charge is 0.416 e. The summed E-state index contributed by atoms with van der Waals surface area (Å²) >= 11 is 0. The van der Waals surface area contributed by atoms with E-state index in [1.807, 2.05) is 13.0 Å². The SMILES string of the molecule is Cc1cc(F)ccc1[C@H]1CC(N2CCN(C)CC2)CCN1.NCCc1cc(C(F)(F)F)cc(C(F)(F)F)c1. The van der Waals surface area contributed by atoms with Gasteiger partial charge in [0.15, 0.2) is 0 Å². The molecule has 38 heavy (non-hydrogen) atoms. The third-order valence-corrected chi connectivity index (χ3v) is 7.12. The molecule has 4 nitrogen and oxygen atoms in total. The van der Waals surface area contributed by atoms with Gasteiger partial charge in [0.1, 0.15) is 5.82 Å². The number of alkyl halides is 6. The molecule has 0 saturated carbocycles. The molecule has 2 heterocycles. The Morgan fingerprint density at radius 2 is 1.53 bits per heavy atom. The summed E-state index contributed by atoms with van der Waals surface area (Å²) in [5, 5.41) is 3.61. The zero-order valence-corrected chi connectivity index (χ0v) is 21.6. The number of piperazine rings is 1. The van der Waals surface area contributed by atoms with Gasteiger partial charge in [0.25, 0.3) is 0 Å². The minimum absolute atomic E-state index is 0.0153. The van der Waals surface area contributed by atoms with E-state index in [0.717, 1.165) is 18.5 Å². The van der Waals surface area contributed by atoms with Crippen molar-refractivity contribution in [2.45, 2.75) is 50.6 Å². The van der Waals surface area contributed by atoms with E-state index in [1.54, 1.807) is 12.1 Å². The van der Waals surface area contributed by atoms with E-state index in [2.05, 4.69) is 22.2 Å². The zero-order valence-electron chi connectivity index (χ0n) is 21.6. The minimum atomic E-state index is -4.80. The van der Waals surface area contributed by atoms with Crippen LogP contribution in [0.25, 0.3) is 0 Å². The van der Waals surface area contributed by atoms with Crippen LogP contribution in [-0.2, 0) is 18.8 Å². The number of hydrogen-bond acceptors (Lipinski definition) is 4. The number of nitrogens with two attached hydrogens (primary N) is 1. The van der Waals surface area contributed by atoms with Crippen molar-refractivity contribution >= 4 is 0 Å². The molecule has 212 valence electrons. The summed E-state index contributed by atoms with van der Waals surface area (Å²) in [7, 11) is 2.20. The van der Waals surface area contributed by atoms with Crippen LogP contribution >= 0.6 is 0 Å². The Labute approximate surface area is 219 Å². The number of hydrogen-bond donors (Lipinski definition) is 2. The highest BCUT2D eigenvalue weighted by Gasteiger charge is 2.36. The number of aryl methyl sites for hydroxylation is 1. The van der Waals surface area contributed by atoms with Crippen LogP contribution in [0, 0.1) is 12.7 Å². The van der Waals surface area contributed by atoms with Gasteiger partial charge in [-0.3, -0.25) is 4.90 Å². The zero-order chi connectivity index (χ0) is 28.1. The van der Waals surface area contributed by atoms with Crippen molar-refractivity contribution in [1.82, 2.24) is 15.1 Å². The van der Waals surface area contributed by atoms with E-state index in [-0.39, 0.29) is 30.4 Å². The molecule has 11 heteroatoms. The Hall–Kier alpha value is -2.21. The van der Waals surface area contributed by atoms with Crippen LogP contribution in [-0.4, -0.2) is 62.2 Å². The maximum atomic E-state index is 13.3. The van der Waals surface area contributed by atoms with Gasteiger partial charge in [-0.1, -0.05) is 6.07 Å². The Balaban J connectivity index is 0.000000216. The maximum absolute atomic E-state index is 13.3. The molecule has 0 radical (unpaired) electrons. The van der Waals surface area contributed by atoms with Crippen molar-refractivity contribution in [3.8, 4) is 0 Å². The Morgan fingerprint density at radius 1 is 0.921 bits per heavy atom. The molecule has 0 spiro atoms. The number of piperidine rings is 1. The predicted molar refractivity (Wildman–Crippen MR) is 133 cm³/mol. The molecule has 4 rings (SSSR count). The van der Waals surface area contributed by atoms with Gasteiger partial charge in [-0.25, -0.2) is 4.39 Å². The monoisotopic (exact) mass is 548 g/mol. The predicted octanol–water partition coefficient (Wildman–Crippen LogP) is 5.40. The maximum Gasteiger partial charge on any atom is 0.416 e. The number of nitrogens with one attached hydrogen (secondary N) is 1. The van der Waals surface area contributed by atoms with Gasteiger partial charge in [-0.2, -0.15) is 26.3 Å². The molecule has 2 fully saturated rings. The third kappa shape index (κ3) is 8.39. The first-order chi connectivity index (χ1) is 17.8. The van der Waals surface area contributed by atoms with Crippen molar-refractivity contribution in [2.24, 2.45) is 5.73 Å². The number of benzene rings is 2. The van der Waals surface area contributed by atoms with Crippen molar-refractivity contribution in [3.05, 3.63) is 70.0 Å². The lowest BCUT2D eigenvalue weighted by molar-refractivity contribution is -0.143. The second kappa shape index (κ2) is 12.8. The summed E-state index contributed by atoms with van der Waals surface area (Å²) < 4.78 is 87.6. The molecule has 0 aliphatic carbocycles. The minimum Gasteiger partial charge on any atom is -0.330 e. The highest BCUT2D eigenvalue weighted by molar-refractivity contribution is 5.34. The Kier molecular flexibility index (Phi) is 10.2. The fourth-order valence-corrected chi connectivity index (χ4v) is 5.01. The molecule has 0 aromatic heterocycles. The van der Waals surface area contributed by atoms with Gasteiger partial charge in [0, 0.05) is 38.3 Å². The van der Waals surface area contributed by atoms with Crippen molar-refractivity contribution in [1.29, 1.82) is 0 Å². The van der Waals surface area contributed by atoms with Gasteiger partial charge in [0.05, 0.1) is 11.1 Å². The van der Waals surface area contributed by atoms with Crippen molar-refractivity contribution < 1.29 is 30.7 Å². The molecule has 2 aromatic carbocycles. The average molecular weight is 549 g/mol. The molecule has 2 atom stereocenters. The van der Waals surface area contributed by atoms with Gasteiger partial charge in [-0.05, 0) is 93.3 Å². The van der Waals surface area contributed by atoms with E-state index in [9.17, 15) is 30.7 Å². The van der Waals surface area contributed by atoms with Crippen LogP contribution in [0.5, 0.6) is 0 Å². The molecular weight excluding hydrogens is 513 g/mol. The third-order valence-electron chi connectivity index (χ3n) is 7.12. The second-order valence-corrected chi connectivity index (χ2v) is 9.98. The topological polar surface area (TPSA) is 44.5 Å². The van der Waals surface area contributed by atoms with E-state index in [1.165, 1.54) is 38.2 Å². The summed E-state index contributed by atoms with van der Waals surface area (Å²) in [5.41, 5.74) is 4.74. The Morgan fingerprint density at radius 3 is 2.05 bits per heavy atom. The molecule has 0 bridgehead atoms. The highest BCUT2D eigenvalue weighted by atomic mass is 19.4. The van der Waals surface area contributed by atoms with Crippen LogP contribution in [0.15, 0.2) is 36.4 Å². The second-order valence-electron chi connectivity index (χ2n) is 9.98. The highest BCUT2D eigenvalue weighted by Crippen LogP contribution is 2.36. The summed E-state index contributed by atoms with van der Waals surface area (Å²) in [4.78, 5) is 5.05. The van der Waals surface area contributed by atoms with Crippen LogP contribution in [0.2, 0.25) is 0 Å². The van der Waals surface area contributed by atoms with Gasteiger partial charge in [0.2, 0.25) is 0 Å². The van der Waals surface area contributed by atoms with E-state index in [4.69, 9.17) is 5.73 Å². The first-order valence-electron chi connectivity index (χ1n) is 12.7. The first kappa shape index (κ1) is 30.3. The molecule has 0 amide bonds. The number of nitrogens with zero attached hydrogens (tertiary/aromatic N) is 2. The fraction of sp³-hybridized carbons (Fsp3) is 0.556. The molecular formula is C27H35F7N4. The average Bonchev–Trinajstić information content (AvgIpc) is 2.84. The number of halogens is 7. The summed E-state index contributed by atoms with van der Waals surface area (Å²) in [6.07, 6.45) is -7.28. The van der Waals surface area contributed by atoms with Gasteiger partial charge in [-0.15, -0.1) is 0 Å². The molecule has 2 saturated heterocycles. The molecule has 3 N–H and O–H groups in total. The van der Waals surface area contributed by atoms with Crippen LogP contribution < -0.4 is 11.1 Å². The summed E-state index contributed by atoms with van der Waals surface area (Å²) in [5.74, 6) is -0.136. The summed E-state index contributed by atoms with van der Waals surface area (Å²) in [6.45, 7) is 7.75. The van der Waals surface area contributed by atoms with Crippen LogP contribution in [0.4, 0.5) is 30.7 Å². The lowest BCUT2D eigenvalue weighted by Crippen LogP contribution is -2.52. The normalized spacial score (nSPS) is 21.6. The quantitative estimate of drug-likeness (QED) is 0.503. The van der Waals surface area contributed by atoms with E-state index in [0.29, 0.717) is 24.2 Å². The lowest BCUT2D eigenvalue weighted by Gasteiger charge is -2.42. The number of likely N-dealkylation sites (N-methyl/N-ethyl adjacent to an activating group) is 1. The van der Waals surface area contributed by atoms with Crippen LogP contribution in [0.1, 0.15) is 46.7 Å². The van der Waals surface area contributed by atoms with Gasteiger partial charge >= 0.3 is 12.4 Å². The van der Waals surface area contributed by atoms with E-state index >= 15 is 0 Å². The fourth-order valence-electron chi connectivity index (χ4n) is 5.01. The first-order valence-corrected chi connectivity index (χ1v) is 12.7. The van der Waals surface area contributed by atoms with Crippen molar-refractivity contribution in [2.75, 3.05) is 46.3 Å². The molecule has 1 unspecified atom stereocenters. The lowest BCUT2D eigenvalue weighted by atomic mass is 9.90. The standard InChI is InChI=1S/C17H26FN3.C10H9F6N/c1-13-11-14(18)3-4-16(13)17-12-15(5-6-19-17)21-9-7-20(2)8-10-21;11-9(12,13)7-3-6(1-2-17)4-8(5-7)10(14,15)16/h3-4,11,15,17,19H,5-10,12H2,1-2H3;3-5H,1-2,17H2/t15?,17-;/m1./s1. The molecule has 2 aromatic rings. The van der Waals surface area contributed by atoms with Crippen molar-refractivity contribution in [3.63, 3.8) is 0 Å². The number of rotatable bonds is 4. The van der Waals surface area contributed by atoms with Gasteiger partial charge < -0.3 is 16.0 Å². The summed E-state index contributed by atoms with van der Waals surface area (Å²) in [6, 6.07) is 7.68. The molecule has 2 aliphatic heterocycles. The van der Waals surface area contributed by atoms with E-state index < -0.39 is 23.5 Å². The Bertz CT molecular complexity index is 1010. The van der Waals surface area contributed by atoms with Crippen LogP contribution in [0.3, 0.4) is 0 Å². The molecule has 2 aliphatic rings.